The summed E-state index contributed by atoms with van der Waals surface area (Å²) in [6, 6.07) is 0. The van der Waals surface area contributed by atoms with E-state index in [9.17, 15) is 0 Å². The Balaban J connectivity index is 0.000000457. The van der Waals surface area contributed by atoms with Crippen molar-refractivity contribution < 1.29 is 4.74 Å². The fourth-order valence-corrected chi connectivity index (χ4v) is 2.01. The Labute approximate surface area is 96.7 Å². The van der Waals surface area contributed by atoms with Crippen molar-refractivity contribution in [1.82, 2.24) is 9.97 Å². The van der Waals surface area contributed by atoms with Crippen molar-refractivity contribution in [2.75, 3.05) is 24.7 Å². The van der Waals surface area contributed by atoms with E-state index < -0.39 is 0 Å². The van der Waals surface area contributed by atoms with E-state index in [4.69, 9.17) is 4.74 Å². The molecule has 2 saturated heterocycles. The van der Waals surface area contributed by atoms with Crippen molar-refractivity contribution in [2.24, 2.45) is 0 Å². The van der Waals surface area contributed by atoms with E-state index in [-0.39, 0.29) is 5.54 Å². The number of aryl methyl sites for hydroxylation is 1. The summed E-state index contributed by atoms with van der Waals surface area (Å²) in [6.07, 6.45) is 4.95. The molecule has 3 heterocycles. The topological polar surface area (TPSA) is 38.2 Å². The maximum absolute atomic E-state index is 5.26. The van der Waals surface area contributed by atoms with Crippen molar-refractivity contribution in [3.05, 3.63) is 18.0 Å². The van der Waals surface area contributed by atoms with E-state index in [1.165, 1.54) is 6.42 Å². The van der Waals surface area contributed by atoms with Crippen molar-refractivity contribution in [3.63, 3.8) is 0 Å². The highest BCUT2D eigenvalue weighted by molar-refractivity contribution is 5.41. The van der Waals surface area contributed by atoms with Crippen LogP contribution in [-0.4, -0.2) is 35.3 Å². The van der Waals surface area contributed by atoms with Crippen molar-refractivity contribution in [1.29, 1.82) is 0 Å². The molecule has 0 atom stereocenters. The Hall–Kier alpha value is -1.16. The van der Waals surface area contributed by atoms with Gasteiger partial charge in [-0.05, 0) is 18.9 Å². The van der Waals surface area contributed by atoms with Gasteiger partial charge in [0, 0.05) is 18.9 Å². The van der Waals surface area contributed by atoms with Gasteiger partial charge in [0.1, 0.15) is 0 Å². The first-order valence-electron chi connectivity index (χ1n) is 5.94. The number of hydrogen-bond donors (Lipinski definition) is 0. The van der Waals surface area contributed by atoms with Crippen LogP contribution in [0.15, 0.2) is 12.4 Å². The maximum atomic E-state index is 5.26. The number of nitrogens with zero attached hydrogens (tertiary/aromatic N) is 3. The molecule has 4 nitrogen and oxygen atoms in total. The summed E-state index contributed by atoms with van der Waals surface area (Å²) in [5.74, 6) is 0.852. The van der Waals surface area contributed by atoms with Gasteiger partial charge in [-0.3, -0.25) is 0 Å². The molecule has 0 aliphatic carbocycles. The summed E-state index contributed by atoms with van der Waals surface area (Å²) < 4.78 is 5.26. The first kappa shape index (κ1) is 11.3. The normalized spacial score (nSPS) is 20.6. The Morgan fingerprint density at radius 1 is 1.25 bits per heavy atom. The molecule has 2 aliphatic rings. The molecule has 0 radical (unpaired) electrons. The van der Waals surface area contributed by atoms with E-state index in [1.807, 2.05) is 33.2 Å². The van der Waals surface area contributed by atoms with Crippen molar-refractivity contribution in [2.45, 2.75) is 32.7 Å². The van der Waals surface area contributed by atoms with Crippen LogP contribution in [0.25, 0.3) is 0 Å². The Kier molecular flexibility index (Phi) is 3.10. The van der Waals surface area contributed by atoms with Crippen LogP contribution in [0.2, 0.25) is 0 Å². The molecule has 0 bridgehead atoms. The molecule has 1 aromatic heterocycles. The summed E-state index contributed by atoms with van der Waals surface area (Å²) in [5, 5.41) is 0. The van der Waals surface area contributed by atoms with Crippen LogP contribution >= 0.6 is 0 Å². The second-order valence-corrected chi connectivity index (χ2v) is 4.18. The average Bonchev–Trinajstić information content (AvgIpc) is 2.21. The minimum Gasteiger partial charge on any atom is -0.376 e. The fraction of sp³-hybridized carbons (Fsp3) is 0.667. The summed E-state index contributed by atoms with van der Waals surface area (Å²) >= 11 is 0. The number of rotatable bonds is 1. The quantitative estimate of drug-likeness (QED) is 0.724. The number of hydrogen-bond acceptors (Lipinski definition) is 4. The zero-order valence-electron chi connectivity index (χ0n) is 10.2. The molecule has 2 aliphatic heterocycles. The summed E-state index contributed by atoms with van der Waals surface area (Å²) in [5.41, 5.74) is 1.35. The zero-order chi connectivity index (χ0) is 11.6. The van der Waals surface area contributed by atoms with Gasteiger partial charge < -0.3 is 9.64 Å². The monoisotopic (exact) mass is 221 g/mol. The molecular formula is C12H19N3O. The fourth-order valence-electron chi connectivity index (χ4n) is 2.01. The first-order chi connectivity index (χ1) is 7.80. The minimum atomic E-state index is 0.245. The van der Waals surface area contributed by atoms with Gasteiger partial charge in [0.05, 0.1) is 18.8 Å². The lowest BCUT2D eigenvalue weighted by Gasteiger charge is -2.57. The third kappa shape index (κ3) is 1.67. The number of anilines is 1. The molecular weight excluding hydrogens is 202 g/mol. The molecule has 0 N–H and O–H groups in total. The van der Waals surface area contributed by atoms with Crippen LogP contribution in [-0.2, 0) is 4.74 Å². The van der Waals surface area contributed by atoms with Crippen LogP contribution < -0.4 is 4.90 Å². The van der Waals surface area contributed by atoms with Gasteiger partial charge in [0.2, 0.25) is 5.95 Å². The van der Waals surface area contributed by atoms with Crippen LogP contribution in [0.4, 0.5) is 5.95 Å². The smallest absolute Gasteiger partial charge is 0.225 e. The van der Waals surface area contributed by atoms with Crippen LogP contribution in [0, 0.1) is 6.92 Å². The highest BCUT2D eigenvalue weighted by Crippen LogP contribution is 2.39. The maximum Gasteiger partial charge on any atom is 0.225 e. The summed E-state index contributed by atoms with van der Waals surface area (Å²) in [7, 11) is 0. The molecule has 88 valence electrons. The Morgan fingerprint density at radius 3 is 2.25 bits per heavy atom. The summed E-state index contributed by atoms with van der Waals surface area (Å²) in [6.45, 7) is 8.74. The van der Waals surface area contributed by atoms with E-state index in [0.717, 1.165) is 31.3 Å². The molecule has 4 heteroatoms. The molecule has 1 aromatic rings. The van der Waals surface area contributed by atoms with Gasteiger partial charge in [-0.1, -0.05) is 13.8 Å². The lowest BCUT2D eigenvalue weighted by molar-refractivity contribution is -0.0856. The lowest BCUT2D eigenvalue weighted by Crippen LogP contribution is -2.71. The molecule has 0 saturated carbocycles. The standard InChI is InChI=1S/C10H13N3O.C2H6/c1-8-4-11-9(12-5-8)13-3-2-10(13)6-14-7-10;1-2/h4-5H,2-3,6-7H2,1H3;1-2H3. The van der Waals surface area contributed by atoms with Gasteiger partial charge in [-0.2, -0.15) is 0 Å². The van der Waals surface area contributed by atoms with E-state index in [2.05, 4.69) is 14.9 Å². The number of aromatic nitrogens is 2. The largest absolute Gasteiger partial charge is 0.376 e. The van der Waals surface area contributed by atoms with E-state index in [0.29, 0.717) is 0 Å². The Morgan fingerprint density at radius 2 is 1.88 bits per heavy atom. The third-order valence-electron chi connectivity index (χ3n) is 3.12. The predicted molar refractivity (Wildman–Crippen MR) is 63.6 cm³/mol. The van der Waals surface area contributed by atoms with E-state index in [1.54, 1.807) is 0 Å². The van der Waals surface area contributed by atoms with Gasteiger partial charge in [0.15, 0.2) is 0 Å². The van der Waals surface area contributed by atoms with Gasteiger partial charge >= 0.3 is 0 Å². The molecule has 3 rings (SSSR count). The molecule has 0 amide bonds. The molecule has 0 aromatic carbocycles. The van der Waals surface area contributed by atoms with Crippen molar-refractivity contribution >= 4 is 5.95 Å². The highest BCUT2D eigenvalue weighted by atomic mass is 16.5. The Bertz CT molecular complexity index is 340. The van der Waals surface area contributed by atoms with Crippen molar-refractivity contribution in [3.8, 4) is 0 Å². The number of ether oxygens (including phenoxy) is 1. The highest BCUT2D eigenvalue weighted by Gasteiger charge is 2.51. The van der Waals surface area contributed by atoms with Gasteiger partial charge in [0.25, 0.3) is 0 Å². The van der Waals surface area contributed by atoms with Crippen LogP contribution in [0.5, 0.6) is 0 Å². The van der Waals surface area contributed by atoms with Gasteiger partial charge in [-0.15, -0.1) is 0 Å². The molecule has 0 unspecified atom stereocenters. The van der Waals surface area contributed by atoms with E-state index >= 15 is 0 Å². The predicted octanol–water partition coefficient (Wildman–Crippen LogP) is 1.79. The average molecular weight is 221 g/mol. The lowest BCUT2D eigenvalue weighted by atomic mass is 9.83. The molecule has 2 fully saturated rings. The molecule has 16 heavy (non-hydrogen) atoms. The molecule has 1 spiro atoms. The van der Waals surface area contributed by atoms with Crippen LogP contribution in [0.1, 0.15) is 25.8 Å². The van der Waals surface area contributed by atoms with Gasteiger partial charge in [-0.25, -0.2) is 9.97 Å². The second-order valence-electron chi connectivity index (χ2n) is 4.18. The summed E-state index contributed by atoms with van der Waals surface area (Å²) in [4.78, 5) is 10.9. The second kappa shape index (κ2) is 4.37. The SMILES string of the molecule is CC.Cc1cnc(N2CCC23COC3)nc1. The zero-order valence-corrected chi connectivity index (χ0v) is 10.2. The minimum absolute atomic E-state index is 0.245. The van der Waals surface area contributed by atoms with Crippen LogP contribution in [0.3, 0.4) is 0 Å². The third-order valence-corrected chi connectivity index (χ3v) is 3.12. The first-order valence-corrected chi connectivity index (χ1v) is 5.94.